The van der Waals surface area contributed by atoms with Gasteiger partial charge in [0.1, 0.15) is 0 Å². The molecule has 0 radical (unpaired) electrons. The van der Waals surface area contributed by atoms with Gasteiger partial charge in [0.05, 0.1) is 17.8 Å². The van der Waals surface area contributed by atoms with Crippen molar-refractivity contribution in [1.29, 1.82) is 0 Å². The lowest BCUT2D eigenvalue weighted by molar-refractivity contribution is -0.152. The number of allylic oxidation sites excluding steroid dienone is 2. The molecule has 3 rings (SSSR count). The molecule has 0 aliphatic heterocycles. The average molecular weight is 339 g/mol. The summed E-state index contributed by atoms with van der Waals surface area (Å²) in [5, 5.41) is 7.01. The van der Waals surface area contributed by atoms with E-state index >= 15 is 0 Å². The van der Waals surface area contributed by atoms with E-state index in [2.05, 4.69) is 16.5 Å². The molecular weight excluding hydrogens is 318 g/mol. The van der Waals surface area contributed by atoms with Gasteiger partial charge >= 0.3 is 5.97 Å². The van der Waals surface area contributed by atoms with E-state index in [4.69, 9.17) is 4.74 Å². The Hall–Kier alpha value is -2.89. The Kier molecular flexibility index (Phi) is 5.61. The number of nitrogens with zero attached hydrogens (tertiary/aromatic N) is 2. The number of benzene rings is 1. The molecule has 1 aromatic carbocycles. The SMILES string of the molecule is O=C(COC(=O)[C@@H]1CC=CCC1)NCc1cnn(-c2ccccc2)c1. The molecule has 130 valence electrons. The number of carbonyl (C=O) groups excluding carboxylic acids is 2. The van der Waals surface area contributed by atoms with Crippen LogP contribution in [0.4, 0.5) is 0 Å². The van der Waals surface area contributed by atoms with Gasteiger partial charge in [-0.15, -0.1) is 0 Å². The van der Waals surface area contributed by atoms with Crippen LogP contribution in [0.3, 0.4) is 0 Å². The smallest absolute Gasteiger partial charge is 0.309 e. The number of hydrogen-bond donors (Lipinski definition) is 1. The van der Waals surface area contributed by atoms with Crippen molar-refractivity contribution in [1.82, 2.24) is 15.1 Å². The molecular formula is C19H21N3O3. The second kappa shape index (κ2) is 8.28. The molecule has 1 atom stereocenters. The Morgan fingerprint density at radius 1 is 1.24 bits per heavy atom. The highest BCUT2D eigenvalue weighted by Crippen LogP contribution is 2.19. The van der Waals surface area contributed by atoms with Crippen LogP contribution >= 0.6 is 0 Å². The number of nitrogens with one attached hydrogen (secondary N) is 1. The topological polar surface area (TPSA) is 73.2 Å². The second-order valence-electron chi connectivity index (χ2n) is 5.99. The van der Waals surface area contributed by atoms with Crippen LogP contribution in [-0.2, 0) is 20.9 Å². The van der Waals surface area contributed by atoms with Crippen molar-refractivity contribution in [3.8, 4) is 5.69 Å². The molecule has 2 aromatic rings. The van der Waals surface area contributed by atoms with Crippen LogP contribution in [0.1, 0.15) is 24.8 Å². The van der Waals surface area contributed by atoms with Crippen LogP contribution < -0.4 is 5.32 Å². The fourth-order valence-corrected chi connectivity index (χ4v) is 2.69. The van der Waals surface area contributed by atoms with Gasteiger partial charge in [0.25, 0.3) is 5.91 Å². The van der Waals surface area contributed by atoms with Crippen molar-refractivity contribution < 1.29 is 14.3 Å². The van der Waals surface area contributed by atoms with E-state index in [-0.39, 0.29) is 24.4 Å². The molecule has 1 amide bonds. The minimum absolute atomic E-state index is 0.123. The highest BCUT2D eigenvalue weighted by molar-refractivity contribution is 5.81. The molecule has 0 fully saturated rings. The van der Waals surface area contributed by atoms with Crippen LogP contribution in [-0.4, -0.2) is 28.3 Å². The average Bonchev–Trinajstić information content (AvgIpc) is 3.15. The summed E-state index contributed by atoms with van der Waals surface area (Å²) in [5.74, 6) is -0.731. The van der Waals surface area contributed by atoms with Crippen LogP contribution in [0, 0.1) is 5.92 Å². The van der Waals surface area contributed by atoms with Crippen LogP contribution in [0.25, 0.3) is 5.69 Å². The molecule has 1 heterocycles. The molecule has 1 aliphatic rings. The lowest BCUT2D eigenvalue weighted by atomic mass is 9.95. The van der Waals surface area contributed by atoms with Gasteiger partial charge in [-0.1, -0.05) is 30.4 Å². The Morgan fingerprint density at radius 3 is 2.84 bits per heavy atom. The summed E-state index contributed by atoms with van der Waals surface area (Å²) in [6.07, 6.45) is 9.97. The van der Waals surface area contributed by atoms with Crippen molar-refractivity contribution in [2.45, 2.75) is 25.8 Å². The zero-order valence-corrected chi connectivity index (χ0v) is 13.9. The number of rotatable bonds is 6. The van der Waals surface area contributed by atoms with E-state index in [0.29, 0.717) is 13.0 Å². The maximum absolute atomic E-state index is 11.9. The van der Waals surface area contributed by atoms with Crippen molar-refractivity contribution in [3.05, 3.63) is 60.4 Å². The lowest BCUT2D eigenvalue weighted by Crippen LogP contribution is -2.30. The number of amides is 1. The molecule has 0 unspecified atom stereocenters. The van der Waals surface area contributed by atoms with E-state index in [1.165, 1.54) is 0 Å². The van der Waals surface area contributed by atoms with E-state index in [9.17, 15) is 9.59 Å². The molecule has 0 saturated heterocycles. The molecule has 0 spiro atoms. The normalized spacial score (nSPS) is 16.4. The van der Waals surface area contributed by atoms with Crippen LogP contribution in [0.15, 0.2) is 54.9 Å². The first kappa shape index (κ1) is 17.0. The first-order chi connectivity index (χ1) is 12.2. The summed E-state index contributed by atoms with van der Waals surface area (Å²) in [5.41, 5.74) is 1.83. The van der Waals surface area contributed by atoms with E-state index in [0.717, 1.165) is 24.1 Å². The Bertz CT molecular complexity index is 752. The zero-order chi connectivity index (χ0) is 17.5. The lowest BCUT2D eigenvalue weighted by Gasteiger charge is -2.16. The third-order valence-electron chi connectivity index (χ3n) is 4.09. The molecule has 0 saturated carbocycles. The fourth-order valence-electron chi connectivity index (χ4n) is 2.69. The quantitative estimate of drug-likeness (QED) is 0.648. The number of para-hydroxylation sites is 1. The summed E-state index contributed by atoms with van der Waals surface area (Å²) < 4.78 is 6.85. The highest BCUT2D eigenvalue weighted by Gasteiger charge is 2.20. The van der Waals surface area contributed by atoms with Gasteiger partial charge in [0, 0.05) is 18.3 Å². The van der Waals surface area contributed by atoms with E-state index in [1.54, 1.807) is 10.9 Å². The van der Waals surface area contributed by atoms with Gasteiger partial charge in [0.2, 0.25) is 0 Å². The summed E-state index contributed by atoms with van der Waals surface area (Å²) in [4.78, 5) is 23.7. The molecule has 6 heteroatoms. The number of carbonyl (C=O) groups is 2. The summed E-state index contributed by atoms with van der Waals surface area (Å²) in [6, 6.07) is 9.73. The number of esters is 1. The highest BCUT2D eigenvalue weighted by atomic mass is 16.5. The van der Waals surface area contributed by atoms with Gasteiger partial charge in [-0.25, -0.2) is 4.68 Å². The van der Waals surface area contributed by atoms with Crippen molar-refractivity contribution >= 4 is 11.9 Å². The van der Waals surface area contributed by atoms with E-state index < -0.39 is 0 Å². The summed E-state index contributed by atoms with van der Waals surface area (Å²) in [6.45, 7) is 0.0985. The fraction of sp³-hybridized carbons (Fsp3) is 0.316. The maximum atomic E-state index is 11.9. The number of ether oxygens (including phenoxy) is 1. The Labute approximate surface area is 146 Å². The Balaban J connectivity index is 1.42. The monoisotopic (exact) mass is 339 g/mol. The van der Waals surface area contributed by atoms with Gasteiger partial charge in [-0.2, -0.15) is 5.10 Å². The molecule has 0 bridgehead atoms. The predicted octanol–water partition coefficient (Wildman–Crippen LogP) is 2.39. The Morgan fingerprint density at radius 2 is 2.08 bits per heavy atom. The third kappa shape index (κ3) is 4.79. The van der Waals surface area contributed by atoms with Crippen molar-refractivity contribution in [2.24, 2.45) is 5.92 Å². The minimum Gasteiger partial charge on any atom is -0.455 e. The molecule has 1 N–H and O–H groups in total. The largest absolute Gasteiger partial charge is 0.455 e. The first-order valence-corrected chi connectivity index (χ1v) is 8.39. The van der Waals surface area contributed by atoms with Gasteiger partial charge < -0.3 is 10.1 Å². The molecule has 1 aliphatic carbocycles. The molecule has 1 aromatic heterocycles. The maximum Gasteiger partial charge on any atom is 0.309 e. The third-order valence-corrected chi connectivity index (χ3v) is 4.09. The van der Waals surface area contributed by atoms with Crippen LogP contribution in [0.2, 0.25) is 0 Å². The first-order valence-electron chi connectivity index (χ1n) is 8.39. The molecule has 25 heavy (non-hydrogen) atoms. The van der Waals surface area contributed by atoms with Crippen LogP contribution in [0.5, 0.6) is 0 Å². The van der Waals surface area contributed by atoms with Crippen molar-refractivity contribution in [3.63, 3.8) is 0 Å². The molecule has 6 nitrogen and oxygen atoms in total. The second-order valence-corrected chi connectivity index (χ2v) is 5.99. The zero-order valence-electron chi connectivity index (χ0n) is 13.9. The van der Waals surface area contributed by atoms with Gasteiger partial charge in [-0.3, -0.25) is 9.59 Å². The minimum atomic E-state index is -0.313. The predicted molar refractivity (Wildman–Crippen MR) is 92.9 cm³/mol. The summed E-state index contributed by atoms with van der Waals surface area (Å²) >= 11 is 0. The van der Waals surface area contributed by atoms with Crippen molar-refractivity contribution in [2.75, 3.05) is 6.61 Å². The standard InChI is InChI=1S/C19H21N3O3/c23-18(14-25-19(24)16-7-3-1-4-8-16)20-11-15-12-21-22(13-15)17-9-5-2-6-10-17/h1-3,5-6,9-10,12-13,16H,4,7-8,11,14H2,(H,20,23)/t16-/m1/s1. The van der Waals surface area contributed by atoms with Gasteiger partial charge in [-0.05, 0) is 31.4 Å². The van der Waals surface area contributed by atoms with E-state index in [1.807, 2.05) is 42.6 Å². The van der Waals surface area contributed by atoms with Gasteiger partial charge in [0.15, 0.2) is 6.61 Å². The summed E-state index contributed by atoms with van der Waals surface area (Å²) in [7, 11) is 0. The number of aromatic nitrogens is 2. The number of hydrogen-bond acceptors (Lipinski definition) is 4.